The number of alkyl carbamates (subject to hydrolysis) is 1. The lowest BCUT2D eigenvalue weighted by atomic mass is 10.2. The highest BCUT2D eigenvalue weighted by atomic mass is 16.5. The molecular formula is C16H24N2O4. The summed E-state index contributed by atoms with van der Waals surface area (Å²) in [6.07, 6.45) is 2.90. The number of carboxylic acid groups (broad SMARTS) is 1. The number of carbonyl (C=O) groups is 2. The summed E-state index contributed by atoms with van der Waals surface area (Å²) in [6.45, 7) is 1.43. The summed E-state index contributed by atoms with van der Waals surface area (Å²) in [5.41, 5.74) is 1.14. The first-order valence-corrected chi connectivity index (χ1v) is 7.60. The van der Waals surface area contributed by atoms with Gasteiger partial charge in [-0.05, 0) is 18.4 Å². The molecule has 0 radical (unpaired) electrons. The molecule has 0 bridgehead atoms. The molecule has 0 fully saturated rings. The fourth-order valence-electron chi connectivity index (χ4n) is 1.95. The van der Waals surface area contributed by atoms with Crippen LogP contribution in [0, 0.1) is 0 Å². The molecule has 6 heteroatoms. The van der Waals surface area contributed by atoms with Crippen molar-refractivity contribution in [3.05, 3.63) is 35.9 Å². The lowest BCUT2D eigenvalue weighted by molar-refractivity contribution is 0.147. The van der Waals surface area contributed by atoms with Crippen LogP contribution in [0.4, 0.5) is 9.59 Å². The van der Waals surface area contributed by atoms with Gasteiger partial charge in [0.2, 0.25) is 0 Å². The second-order valence-electron chi connectivity index (χ2n) is 4.94. The Morgan fingerprint density at radius 1 is 0.955 bits per heavy atom. The lowest BCUT2D eigenvalue weighted by Crippen LogP contribution is -2.26. The van der Waals surface area contributed by atoms with Crippen LogP contribution in [0.5, 0.6) is 0 Å². The Hall–Kier alpha value is -2.24. The number of carbonyl (C=O) groups excluding carboxylic acids is 1. The van der Waals surface area contributed by atoms with Crippen LogP contribution in [0.2, 0.25) is 0 Å². The quantitative estimate of drug-likeness (QED) is 0.580. The van der Waals surface area contributed by atoms with Crippen LogP contribution in [-0.2, 0) is 11.2 Å². The first-order valence-electron chi connectivity index (χ1n) is 7.60. The third-order valence-corrected chi connectivity index (χ3v) is 3.12. The number of hydrogen-bond donors (Lipinski definition) is 3. The molecule has 0 saturated heterocycles. The minimum atomic E-state index is -0.986. The highest BCUT2D eigenvalue weighted by molar-refractivity contribution is 5.67. The third-order valence-electron chi connectivity index (χ3n) is 3.12. The molecule has 6 nitrogen and oxygen atoms in total. The van der Waals surface area contributed by atoms with Crippen molar-refractivity contribution in [3.63, 3.8) is 0 Å². The fourth-order valence-corrected chi connectivity index (χ4v) is 1.95. The predicted octanol–water partition coefficient (Wildman–Crippen LogP) is 2.78. The molecule has 0 aliphatic heterocycles. The normalized spacial score (nSPS) is 10.0. The Balaban J connectivity index is 1.90. The Bertz CT molecular complexity index is 437. The lowest BCUT2D eigenvalue weighted by Gasteiger charge is -2.07. The Morgan fingerprint density at radius 3 is 2.23 bits per heavy atom. The standard InChI is InChI=1S/C16H24N2O4/c19-15(20)17-11-6-1-2-7-12-18-16(21)22-13-10-14-8-4-3-5-9-14/h3-5,8-9,17H,1-2,6-7,10-13H2,(H,18,21)(H,19,20). The molecule has 2 amide bonds. The van der Waals surface area contributed by atoms with Gasteiger partial charge in [-0.1, -0.05) is 43.2 Å². The Morgan fingerprint density at radius 2 is 1.59 bits per heavy atom. The van der Waals surface area contributed by atoms with E-state index in [0.717, 1.165) is 31.2 Å². The van der Waals surface area contributed by atoms with Gasteiger partial charge in [0.1, 0.15) is 0 Å². The average Bonchev–Trinajstić information content (AvgIpc) is 2.50. The molecule has 122 valence electrons. The molecule has 0 atom stereocenters. The van der Waals surface area contributed by atoms with Gasteiger partial charge in [-0.15, -0.1) is 0 Å². The van der Waals surface area contributed by atoms with Crippen LogP contribution >= 0.6 is 0 Å². The summed E-state index contributed by atoms with van der Waals surface area (Å²) < 4.78 is 5.09. The van der Waals surface area contributed by atoms with E-state index in [9.17, 15) is 9.59 Å². The van der Waals surface area contributed by atoms with Crippen molar-refractivity contribution < 1.29 is 19.4 Å². The number of unbranched alkanes of at least 4 members (excludes halogenated alkanes) is 3. The fraction of sp³-hybridized carbons (Fsp3) is 0.500. The van der Waals surface area contributed by atoms with E-state index < -0.39 is 6.09 Å². The molecule has 3 N–H and O–H groups in total. The van der Waals surface area contributed by atoms with E-state index in [4.69, 9.17) is 9.84 Å². The molecule has 1 aromatic carbocycles. The van der Waals surface area contributed by atoms with Crippen molar-refractivity contribution in [1.29, 1.82) is 0 Å². The van der Waals surface area contributed by atoms with Gasteiger partial charge in [-0.2, -0.15) is 0 Å². The van der Waals surface area contributed by atoms with Gasteiger partial charge in [0.25, 0.3) is 0 Å². The number of rotatable bonds is 10. The maximum Gasteiger partial charge on any atom is 0.407 e. The minimum absolute atomic E-state index is 0.372. The van der Waals surface area contributed by atoms with E-state index in [-0.39, 0.29) is 6.09 Å². The van der Waals surface area contributed by atoms with Crippen LogP contribution < -0.4 is 10.6 Å². The summed E-state index contributed by atoms with van der Waals surface area (Å²) in [5.74, 6) is 0. The molecule has 0 spiro atoms. The number of ether oxygens (including phenoxy) is 1. The van der Waals surface area contributed by atoms with Gasteiger partial charge in [-0.3, -0.25) is 0 Å². The largest absolute Gasteiger partial charge is 0.465 e. The van der Waals surface area contributed by atoms with Gasteiger partial charge in [-0.25, -0.2) is 9.59 Å². The summed E-state index contributed by atoms with van der Waals surface area (Å²) in [7, 11) is 0. The third kappa shape index (κ3) is 9.63. The summed E-state index contributed by atoms with van der Waals surface area (Å²) >= 11 is 0. The van der Waals surface area contributed by atoms with E-state index in [1.807, 2.05) is 30.3 Å². The van der Waals surface area contributed by atoms with Crippen LogP contribution in [0.25, 0.3) is 0 Å². The number of benzene rings is 1. The zero-order valence-corrected chi connectivity index (χ0v) is 12.7. The topological polar surface area (TPSA) is 87.7 Å². The molecule has 22 heavy (non-hydrogen) atoms. The second kappa shape index (κ2) is 11.4. The van der Waals surface area contributed by atoms with Gasteiger partial charge < -0.3 is 20.5 Å². The summed E-state index contributed by atoms with van der Waals surface area (Å²) in [4.78, 5) is 21.6. The minimum Gasteiger partial charge on any atom is -0.465 e. The molecule has 1 aromatic rings. The highest BCUT2D eigenvalue weighted by Gasteiger charge is 2.01. The maximum atomic E-state index is 11.4. The van der Waals surface area contributed by atoms with Crippen LogP contribution in [0.1, 0.15) is 31.2 Å². The number of hydrogen-bond acceptors (Lipinski definition) is 3. The molecule has 0 aliphatic rings. The van der Waals surface area contributed by atoms with Gasteiger partial charge >= 0.3 is 12.2 Å². The Kier molecular flexibility index (Phi) is 9.25. The Labute approximate surface area is 130 Å². The first-order chi connectivity index (χ1) is 10.7. The zero-order valence-electron chi connectivity index (χ0n) is 12.7. The van der Waals surface area contributed by atoms with Crippen LogP contribution in [0.3, 0.4) is 0 Å². The summed E-state index contributed by atoms with van der Waals surface area (Å²) in [6, 6.07) is 9.87. The smallest absolute Gasteiger partial charge is 0.407 e. The molecule has 0 aliphatic carbocycles. The number of amides is 2. The highest BCUT2D eigenvalue weighted by Crippen LogP contribution is 2.00. The van der Waals surface area contributed by atoms with Gasteiger partial charge in [0.05, 0.1) is 6.61 Å². The van der Waals surface area contributed by atoms with Crippen LogP contribution in [0.15, 0.2) is 30.3 Å². The van der Waals surface area contributed by atoms with E-state index in [0.29, 0.717) is 26.1 Å². The van der Waals surface area contributed by atoms with Gasteiger partial charge in [0, 0.05) is 19.5 Å². The van der Waals surface area contributed by atoms with Crippen molar-refractivity contribution >= 4 is 12.2 Å². The molecule has 0 unspecified atom stereocenters. The second-order valence-corrected chi connectivity index (χ2v) is 4.94. The molecule has 1 rings (SSSR count). The number of nitrogens with one attached hydrogen (secondary N) is 2. The van der Waals surface area contributed by atoms with E-state index in [1.54, 1.807) is 0 Å². The first kappa shape index (κ1) is 17.8. The zero-order chi connectivity index (χ0) is 16.0. The summed E-state index contributed by atoms with van der Waals surface area (Å²) in [5, 5.41) is 13.4. The van der Waals surface area contributed by atoms with E-state index >= 15 is 0 Å². The molecule has 0 heterocycles. The maximum absolute atomic E-state index is 11.4. The SMILES string of the molecule is O=C(O)NCCCCCCNC(=O)OCCc1ccccc1. The predicted molar refractivity (Wildman–Crippen MR) is 84.0 cm³/mol. The average molecular weight is 308 g/mol. The van der Waals surface area contributed by atoms with Crippen molar-refractivity contribution in [1.82, 2.24) is 10.6 Å². The monoisotopic (exact) mass is 308 g/mol. The van der Waals surface area contributed by atoms with Crippen molar-refractivity contribution in [2.24, 2.45) is 0 Å². The van der Waals surface area contributed by atoms with E-state index in [1.165, 1.54) is 0 Å². The van der Waals surface area contributed by atoms with Crippen molar-refractivity contribution in [2.45, 2.75) is 32.1 Å². The molecular weight excluding hydrogens is 284 g/mol. The van der Waals surface area contributed by atoms with E-state index in [2.05, 4.69) is 10.6 Å². The van der Waals surface area contributed by atoms with Gasteiger partial charge in [0.15, 0.2) is 0 Å². The molecule has 0 saturated carbocycles. The molecule has 0 aromatic heterocycles. The van der Waals surface area contributed by atoms with Crippen molar-refractivity contribution in [3.8, 4) is 0 Å². The van der Waals surface area contributed by atoms with Crippen LogP contribution in [-0.4, -0.2) is 37.0 Å². The van der Waals surface area contributed by atoms with Crippen molar-refractivity contribution in [2.75, 3.05) is 19.7 Å².